The molecule has 0 bridgehead atoms. The number of amides is 1. The minimum absolute atomic E-state index is 0.270. The normalized spacial score (nSPS) is 10.1. The Labute approximate surface area is 139 Å². The summed E-state index contributed by atoms with van der Waals surface area (Å²) in [5.41, 5.74) is 0.899. The van der Waals surface area contributed by atoms with Gasteiger partial charge in [-0.2, -0.15) is 0 Å². The van der Waals surface area contributed by atoms with E-state index in [4.69, 9.17) is 9.47 Å². The van der Waals surface area contributed by atoms with Gasteiger partial charge in [0.15, 0.2) is 0 Å². The average molecular weight is 330 g/mol. The Balaban J connectivity index is 2.06. The van der Waals surface area contributed by atoms with Crippen LogP contribution in [-0.2, 0) is 9.47 Å². The van der Waals surface area contributed by atoms with Crippen molar-refractivity contribution >= 4 is 23.5 Å². The van der Waals surface area contributed by atoms with Crippen LogP contribution in [0, 0.1) is 0 Å². The van der Waals surface area contributed by atoms with Gasteiger partial charge in [-0.15, -0.1) is 0 Å². The van der Waals surface area contributed by atoms with Gasteiger partial charge >= 0.3 is 5.97 Å². The highest BCUT2D eigenvalue weighted by Crippen LogP contribution is 2.17. The molecule has 0 atom stereocenters. The summed E-state index contributed by atoms with van der Waals surface area (Å²) in [6.07, 6.45) is 2.80. The van der Waals surface area contributed by atoms with E-state index in [1.807, 2.05) is 0 Å². The lowest BCUT2D eigenvalue weighted by atomic mass is 10.1. The second-order valence-electron chi connectivity index (χ2n) is 4.71. The monoisotopic (exact) mass is 330 g/mol. The van der Waals surface area contributed by atoms with Gasteiger partial charge in [-0.25, -0.2) is 14.8 Å². The van der Waals surface area contributed by atoms with E-state index in [1.165, 1.54) is 19.5 Å². The zero-order valence-corrected chi connectivity index (χ0v) is 13.4. The number of nitrogens with zero attached hydrogens (tertiary/aromatic N) is 2. The van der Waals surface area contributed by atoms with Crippen molar-refractivity contribution < 1.29 is 19.1 Å². The predicted molar refractivity (Wildman–Crippen MR) is 88.1 cm³/mol. The number of carbonyl (C=O) groups is 2. The molecule has 2 N–H and O–H groups in total. The van der Waals surface area contributed by atoms with Crippen molar-refractivity contribution in [2.24, 2.45) is 0 Å². The highest BCUT2D eigenvalue weighted by atomic mass is 16.5. The second kappa shape index (κ2) is 8.59. The van der Waals surface area contributed by atoms with E-state index in [9.17, 15) is 9.59 Å². The molecule has 8 nitrogen and oxygen atoms in total. The average Bonchev–Trinajstić information content (AvgIpc) is 2.62. The van der Waals surface area contributed by atoms with Crippen LogP contribution in [0.5, 0.6) is 0 Å². The molecule has 0 aliphatic carbocycles. The topological polar surface area (TPSA) is 102 Å². The number of anilines is 2. The summed E-state index contributed by atoms with van der Waals surface area (Å²) in [4.78, 5) is 32.1. The van der Waals surface area contributed by atoms with Crippen LogP contribution in [0.25, 0.3) is 0 Å². The molecule has 0 saturated carbocycles. The predicted octanol–water partition coefficient (Wildman–Crippen LogP) is 1.57. The summed E-state index contributed by atoms with van der Waals surface area (Å²) in [7, 11) is 2.88. The van der Waals surface area contributed by atoms with Crippen molar-refractivity contribution in [1.29, 1.82) is 0 Å². The number of para-hydroxylation sites is 1. The number of methoxy groups -OCH3 is 2. The lowest BCUT2D eigenvalue weighted by Crippen LogP contribution is -2.16. The lowest BCUT2D eigenvalue weighted by Gasteiger charge is -2.09. The van der Waals surface area contributed by atoms with Crippen molar-refractivity contribution in [1.82, 2.24) is 9.97 Å². The van der Waals surface area contributed by atoms with Crippen LogP contribution in [-0.4, -0.2) is 49.2 Å². The Kier molecular flexibility index (Phi) is 6.21. The number of rotatable bonds is 7. The zero-order valence-electron chi connectivity index (χ0n) is 13.4. The van der Waals surface area contributed by atoms with Gasteiger partial charge in [0.25, 0.3) is 5.91 Å². The van der Waals surface area contributed by atoms with Gasteiger partial charge in [-0.1, -0.05) is 12.1 Å². The van der Waals surface area contributed by atoms with Gasteiger partial charge in [-0.05, 0) is 12.1 Å². The Morgan fingerprint density at radius 1 is 1.12 bits per heavy atom. The van der Waals surface area contributed by atoms with Gasteiger partial charge in [0, 0.05) is 26.0 Å². The fourth-order valence-electron chi connectivity index (χ4n) is 1.88. The molecule has 0 aliphatic rings. The summed E-state index contributed by atoms with van der Waals surface area (Å²) >= 11 is 0. The largest absolute Gasteiger partial charge is 0.465 e. The van der Waals surface area contributed by atoms with Crippen molar-refractivity contribution in [2.75, 3.05) is 38.0 Å². The van der Waals surface area contributed by atoms with E-state index in [1.54, 1.807) is 31.4 Å². The van der Waals surface area contributed by atoms with Crippen LogP contribution < -0.4 is 10.6 Å². The maximum atomic E-state index is 12.3. The third-order valence-electron chi connectivity index (χ3n) is 3.08. The summed E-state index contributed by atoms with van der Waals surface area (Å²) in [6, 6.07) is 6.58. The van der Waals surface area contributed by atoms with Gasteiger partial charge in [0.2, 0.25) is 5.95 Å². The van der Waals surface area contributed by atoms with E-state index < -0.39 is 11.9 Å². The Morgan fingerprint density at radius 2 is 1.83 bits per heavy atom. The van der Waals surface area contributed by atoms with E-state index in [2.05, 4.69) is 20.6 Å². The minimum atomic E-state index is -0.528. The Morgan fingerprint density at radius 3 is 2.50 bits per heavy atom. The summed E-state index contributed by atoms with van der Waals surface area (Å²) in [5.74, 6) is -0.548. The number of benzene rings is 1. The summed E-state index contributed by atoms with van der Waals surface area (Å²) in [6.45, 7) is 1.09. The first-order valence-electron chi connectivity index (χ1n) is 7.19. The first-order chi connectivity index (χ1) is 11.7. The quantitative estimate of drug-likeness (QED) is 0.587. The number of aromatic nitrogens is 2. The van der Waals surface area contributed by atoms with Gasteiger partial charge in [0.1, 0.15) is 0 Å². The number of ether oxygens (including phenoxy) is 2. The van der Waals surface area contributed by atoms with Crippen molar-refractivity contribution in [3.8, 4) is 0 Å². The third kappa shape index (κ3) is 4.50. The van der Waals surface area contributed by atoms with Crippen molar-refractivity contribution in [2.45, 2.75) is 0 Å². The Bertz CT molecular complexity index is 703. The molecule has 8 heteroatoms. The first kappa shape index (κ1) is 17.4. The summed E-state index contributed by atoms with van der Waals surface area (Å²) in [5, 5.41) is 5.61. The zero-order chi connectivity index (χ0) is 17.4. The fourth-order valence-corrected chi connectivity index (χ4v) is 1.88. The molecule has 126 valence electrons. The summed E-state index contributed by atoms with van der Waals surface area (Å²) < 4.78 is 9.60. The molecule has 0 saturated heterocycles. The van der Waals surface area contributed by atoms with Gasteiger partial charge in [0.05, 0.1) is 30.5 Å². The molecule has 1 heterocycles. The molecule has 0 radical (unpaired) electrons. The van der Waals surface area contributed by atoms with Crippen molar-refractivity contribution in [3.05, 3.63) is 47.8 Å². The van der Waals surface area contributed by atoms with Crippen LogP contribution in [0.4, 0.5) is 11.6 Å². The highest BCUT2D eigenvalue weighted by molar-refractivity contribution is 6.07. The van der Waals surface area contributed by atoms with Crippen LogP contribution in [0.2, 0.25) is 0 Å². The number of carbonyl (C=O) groups excluding carboxylic acids is 2. The van der Waals surface area contributed by atoms with E-state index in [-0.39, 0.29) is 11.1 Å². The molecule has 0 spiro atoms. The Hall–Kier alpha value is -3.00. The molecule has 0 unspecified atom stereocenters. The van der Waals surface area contributed by atoms with Crippen LogP contribution >= 0.6 is 0 Å². The van der Waals surface area contributed by atoms with Crippen LogP contribution in [0.3, 0.4) is 0 Å². The molecular formula is C16H18N4O4. The molecule has 0 fully saturated rings. The third-order valence-corrected chi connectivity index (χ3v) is 3.08. The molecule has 24 heavy (non-hydrogen) atoms. The lowest BCUT2D eigenvalue weighted by molar-refractivity contribution is 0.0602. The van der Waals surface area contributed by atoms with E-state index in [0.717, 1.165) is 0 Å². The van der Waals surface area contributed by atoms with E-state index in [0.29, 0.717) is 24.8 Å². The smallest absolute Gasteiger partial charge is 0.339 e. The SMILES string of the molecule is COCCNc1ncc(C(=O)Nc2ccccc2C(=O)OC)cn1. The van der Waals surface area contributed by atoms with Gasteiger partial charge < -0.3 is 20.1 Å². The standard InChI is InChI=1S/C16H18N4O4/c1-23-8-7-17-16-18-9-11(10-19-16)14(21)20-13-6-4-3-5-12(13)15(22)24-2/h3-6,9-10H,7-8H2,1-2H3,(H,20,21)(H,17,18,19). The minimum Gasteiger partial charge on any atom is -0.465 e. The molecule has 1 aromatic heterocycles. The highest BCUT2D eigenvalue weighted by Gasteiger charge is 2.14. The maximum absolute atomic E-state index is 12.3. The van der Waals surface area contributed by atoms with Gasteiger partial charge in [-0.3, -0.25) is 4.79 Å². The number of hydrogen-bond donors (Lipinski definition) is 2. The van der Waals surface area contributed by atoms with Crippen LogP contribution in [0.1, 0.15) is 20.7 Å². The maximum Gasteiger partial charge on any atom is 0.339 e. The number of hydrogen-bond acceptors (Lipinski definition) is 7. The number of esters is 1. The van der Waals surface area contributed by atoms with Crippen LogP contribution in [0.15, 0.2) is 36.7 Å². The van der Waals surface area contributed by atoms with E-state index >= 15 is 0 Å². The number of nitrogens with one attached hydrogen (secondary N) is 2. The molecule has 1 amide bonds. The fraction of sp³-hybridized carbons (Fsp3) is 0.250. The molecule has 1 aromatic carbocycles. The van der Waals surface area contributed by atoms with Crippen molar-refractivity contribution in [3.63, 3.8) is 0 Å². The molecule has 2 aromatic rings. The molecule has 0 aliphatic heterocycles. The first-order valence-corrected chi connectivity index (χ1v) is 7.19. The molecule has 2 rings (SSSR count). The second-order valence-corrected chi connectivity index (χ2v) is 4.71. The molecular weight excluding hydrogens is 312 g/mol.